The predicted octanol–water partition coefficient (Wildman–Crippen LogP) is 0.911. The molecule has 0 spiro atoms. The summed E-state index contributed by atoms with van der Waals surface area (Å²) in [7, 11) is -1.81. The summed E-state index contributed by atoms with van der Waals surface area (Å²) < 4.78 is 45.2. The molecule has 1 aromatic heterocycles. The summed E-state index contributed by atoms with van der Waals surface area (Å²) in [6, 6.07) is 4.66. The molecule has 1 saturated heterocycles. The topological polar surface area (TPSA) is 82.9 Å². The van der Waals surface area contributed by atoms with Crippen LogP contribution < -0.4 is 9.47 Å². The predicted molar refractivity (Wildman–Crippen MR) is 83.2 cm³/mol. The van der Waals surface area contributed by atoms with Gasteiger partial charge in [0.25, 0.3) is 0 Å². The molecule has 9 heteroatoms. The Morgan fingerprint density at radius 2 is 2.08 bits per heavy atom. The minimum absolute atomic E-state index is 0.111. The first kappa shape index (κ1) is 15.4. The number of fused-ring (bicyclic) bond motifs is 1. The third-order valence-electron chi connectivity index (χ3n) is 4.11. The Morgan fingerprint density at radius 3 is 2.88 bits per heavy atom. The minimum Gasteiger partial charge on any atom is -0.454 e. The van der Waals surface area contributed by atoms with Crippen LogP contribution >= 0.6 is 0 Å². The molecule has 0 unspecified atom stereocenters. The molecule has 3 heterocycles. The van der Waals surface area contributed by atoms with Crippen LogP contribution in [-0.4, -0.2) is 49.0 Å². The number of morpholine rings is 1. The summed E-state index contributed by atoms with van der Waals surface area (Å²) in [6.45, 7) is 1.01. The zero-order valence-corrected chi connectivity index (χ0v) is 13.9. The molecule has 8 nitrogen and oxygen atoms in total. The number of aryl methyl sites for hydroxylation is 1. The van der Waals surface area contributed by atoms with Gasteiger partial charge in [-0.3, -0.25) is 4.68 Å². The smallest absolute Gasteiger partial charge is 0.243 e. The maximum Gasteiger partial charge on any atom is 0.243 e. The molecule has 0 N–H and O–H groups in total. The lowest BCUT2D eigenvalue weighted by Crippen LogP contribution is -2.42. The van der Waals surface area contributed by atoms with Crippen LogP contribution in [-0.2, 0) is 21.8 Å². The molecule has 1 atom stereocenters. The molecule has 128 valence electrons. The van der Waals surface area contributed by atoms with Crippen molar-refractivity contribution in [2.24, 2.45) is 7.05 Å². The molecule has 1 fully saturated rings. The highest BCUT2D eigenvalue weighted by molar-refractivity contribution is 7.89. The summed E-state index contributed by atoms with van der Waals surface area (Å²) in [5.41, 5.74) is 0.864. The van der Waals surface area contributed by atoms with E-state index in [1.165, 1.54) is 16.4 Å². The van der Waals surface area contributed by atoms with Gasteiger partial charge in [0.05, 0.1) is 23.8 Å². The zero-order chi connectivity index (χ0) is 16.7. The Kier molecular flexibility index (Phi) is 3.70. The van der Waals surface area contributed by atoms with Gasteiger partial charge in [-0.25, -0.2) is 8.42 Å². The van der Waals surface area contributed by atoms with Gasteiger partial charge in [0.2, 0.25) is 16.8 Å². The lowest BCUT2D eigenvalue weighted by molar-refractivity contribution is -0.00259. The third kappa shape index (κ3) is 2.64. The van der Waals surface area contributed by atoms with Crippen LogP contribution in [0.4, 0.5) is 0 Å². The fourth-order valence-corrected chi connectivity index (χ4v) is 4.28. The average Bonchev–Trinajstić information content (AvgIpc) is 3.23. The van der Waals surface area contributed by atoms with E-state index < -0.39 is 10.0 Å². The molecule has 0 bridgehead atoms. The van der Waals surface area contributed by atoms with Crippen molar-refractivity contribution in [1.82, 2.24) is 14.1 Å². The molecule has 4 rings (SSSR count). The average molecular weight is 351 g/mol. The number of rotatable bonds is 3. The van der Waals surface area contributed by atoms with Crippen LogP contribution in [0.5, 0.6) is 11.5 Å². The van der Waals surface area contributed by atoms with Crippen molar-refractivity contribution in [3.63, 3.8) is 0 Å². The molecule has 0 radical (unpaired) electrons. The van der Waals surface area contributed by atoms with E-state index in [2.05, 4.69) is 5.10 Å². The van der Waals surface area contributed by atoms with Crippen LogP contribution in [0.2, 0.25) is 0 Å². The standard InChI is InChI=1S/C15H17N3O5S/c1-17-8-11(7-16-17)15-9-18(4-5-21-15)24(19,20)12-2-3-13-14(6-12)23-10-22-13/h2-3,6-8,15H,4-5,9-10H2,1H3/t15-/m1/s1. The molecular weight excluding hydrogens is 334 g/mol. The van der Waals surface area contributed by atoms with Gasteiger partial charge in [-0.1, -0.05) is 0 Å². The molecule has 2 aromatic rings. The van der Waals surface area contributed by atoms with Gasteiger partial charge in [-0.05, 0) is 12.1 Å². The van der Waals surface area contributed by atoms with E-state index in [9.17, 15) is 8.42 Å². The van der Waals surface area contributed by atoms with Gasteiger partial charge in [-0.2, -0.15) is 9.40 Å². The summed E-state index contributed by atoms with van der Waals surface area (Å²) in [5.74, 6) is 1.01. The van der Waals surface area contributed by atoms with E-state index in [-0.39, 0.29) is 24.3 Å². The van der Waals surface area contributed by atoms with Crippen LogP contribution in [0.15, 0.2) is 35.5 Å². The molecular formula is C15H17N3O5S. The summed E-state index contributed by atoms with van der Waals surface area (Å²) in [4.78, 5) is 0.193. The lowest BCUT2D eigenvalue weighted by Gasteiger charge is -2.31. The largest absolute Gasteiger partial charge is 0.454 e. The maximum atomic E-state index is 12.9. The highest BCUT2D eigenvalue weighted by Crippen LogP contribution is 2.35. The number of sulfonamides is 1. The van der Waals surface area contributed by atoms with Crippen molar-refractivity contribution in [2.75, 3.05) is 26.5 Å². The number of hydrogen-bond donors (Lipinski definition) is 0. The fourth-order valence-electron chi connectivity index (χ4n) is 2.84. The van der Waals surface area contributed by atoms with Crippen molar-refractivity contribution < 1.29 is 22.6 Å². The number of aromatic nitrogens is 2. The third-order valence-corrected chi connectivity index (χ3v) is 5.97. The van der Waals surface area contributed by atoms with Crippen LogP contribution in [0, 0.1) is 0 Å². The maximum absolute atomic E-state index is 12.9. The Balaban J connectivity index is 1.59. The summed E-state index contributed by atoms with van der Waals surface area (Å²) in [5, 5.41) is 4.11. The number of hydrogen-bond acceptors (Lipinski definition) is 6. The molecule has 0 amide bonds. The van der Waals surface area contributed by atoms with Crippen LogP contribution in [0.25, 0.3) is 0 Å². The highest BCUT2D eigenvalue weighted by Gasteiger charge is 2.33. The molecule has 1 aromatic carbocycles. The Morgan fingerprint density at radius 1 is 1.25 bits per heavy atom. The zero-order valence-electron chi connectivity index (χ0n) is 13.1. The molecule has 2 aliphatic rings. The first-order chi connectivity index (χ1) is 11.5. The van der Waals surface area contributed by atoms with Crippen molar-refractivity contribution in [1.29, 1.82) is 0 Å². The van der Waals surface area contributed by atoms with Crippen molar-refractivity contribution in [2.45, 2.75) is 11.0 Å². The first-order valence-electron chi connectivity index (χ1n) is 7.54. The molecule has 0 aliphatic carbocycles. The number of ether oxygens (including phenoxy) is 3. The SMILES string of the molecule is Cn1cc([C@H]2CN(S(=O)(=O)c3ccc4c(c3)OCO4)CCO2)cn1. The summed E-state index contributed by atoms with van der Waals surface area (Å²) >= 11 is 0. The number of nitrogens with zero attached hydrogens (tertiary/aromatic N) is 3. The van der Waals surface area contributed by atoms with E-state index in [1.807, 2.05) is 13.2 Å². The van der Waals surface area contributed by atoms with Gasteiger partial charge in [0.1, 0.15) is 0 Å². The quantitative estimate of drug-likeness (QED) is 0.817. The molecule has 0 saturated carbocycles. The minimum atomic E-state index is -3.63. The van der Waals surface area contributed by atoms with Gasteiger partial charge >= 0.3 is 0 Å². The van der Waals surface area contributed by atoms with E-state index in [0.717, 1.165) is 5.56 Å². The highest BCUT2D eigenvalue weighted by atomic mass is 32.2. The van der Waals surface area contributed by atoms with Gasteiger partial charge in [-0.15, -0.1) is 0 Å². The van der Waals surface area contributed by atoms with Gasteiger partial charge in [0.15, 0.2) is 11.5 Å². The monoisotopic (exact) mass is 351 g/mol. The summed E-state index contributed by atoms with van der Waals surface area (Å²) in [6.07, 6.45) is 3.21. The van der Waals surface area contributed by atoms with E-state index in [4.69, 9.17) is 14.2 Å². The fraction of sp³-hybridized carbons (Fsp3) is 0.400. The molecule has 24 heavy (non-hydrogen) atoms. The number of benzene rings is 1. The second-order valence-corrected chi connectivity index (χ2v) is 7.62. The second kappa shape index (κ2) is 5.76. The van der Waals surface area contributed by atoms with Crippen molar-refractivity contribution in [3.05, 3.63) is 36.2 Å². The first-order valence-corrected chi connectivity index (χ1v) is 8.98. The van der Waals surface area contributed by atoms with E-state index >= 15 is 0 Å². The van der Waals surface area contributed by atoms with Gasteiger partial charge < -0.3 is 14.2 Å². The van der Waals surface area contributed by atoms with Crippen LogP contribution in [0.3, 0.4) is 0 Å². The van der Waals surface area contributed by atoms with Crippen molar-refractivity contribution >= 4 is 10.0 Å². The molecule has 2 aliphatic heterocycles. The van der Waals surface area contributed by atoms with Crippen LogP contribution in [0.1, 0.15) is 11.7 Å². The van der Waals surface area contributed by atoms with E-state index in [0.29, 0.717) is 24.7 Å². The van der Waals surface area contributed by atoms with Crippen molar-refractivity contribution in [3.8, 4) is 11.5 Å². The normalized spacial score (nSPS) is 21.1. The Labute approximate surface area is 139 Å². The lowest BCUT2D eigenvalue weighted by atomic mass is 10.2. The Hall–Kier alpha value is -2.10. The Bertz CT molecular complexity index is 864. The van der Waals surface area contributed by atoms with E-state index in [1.54, 1.807) is 16.9 Å². The van der Waals surface area contributed by atoms with Gasteiger partial charge in [0, 0.05) is 38.0 Å². The second-order valence-electron chi connectivity index (χ2n) is 5.68.